The van der Waals surface area contributed by atoms with Crippen molar-refractivity contribution in [1.29, 1.82) is 0 Å². The Balaban J connectivity index is 2.03. The number of nitrogens with zero attached hydrogens (tertiary/aromatic N) is 4. The van der Waals surface area contributed by atoms with Crippen LogP contribution in [0.1, 0.15) is 0 Å². The van der Waals surface area contributed by atoms with E-state index < -0.39 is 0 Å². The van der Waals surface area contributed by atoms with E-state index in [0.29, 0.717) is 10.8 Å². The molecule has 3 heterocycles. The summed E-state index contributed by atoms with van der Waals surface area (Å²) < 4.78 is 2.77. The van der Waals surface area contributed by atoms with Gasteiger partial charge in [0.05, 0.1) is 5.69 Å². The minimum absolute atomic E-state index is 0.423. The average Bonchev–Trinajstić information content (AvgIpc) is 2.94. The lowest BCUT2D eigenvalue weighted by Crippen LogP contribution is -1.96. The summed E-state index contributed by atoms with van der Waals surface area (Å²) in [5, 5.41) is 5.04. The van der Waals surface area contributed by atoms with E-state index in [4.69, 9.17) is 11.6 Å². The molecule has 0 saturated carbocycles. The van der Waals surface area contributed by atoms with Crippen LogP contribution in [0.25, 0.3) is 27.9 Å². The van der Waals surface area contributed by atoms with Gasteiger partial charge in [-0.05, 0) is 30.3 Å². The standard InChI is InChI=1S/C15H8BrClN4/c16-10-5-3-9(4-6-10)12-8-13-14(17)19-11-2-1-7-18-15(11)21(13)20-12/h1-8H. The molecule has 4 aromatic rings. The molecule has 0 amide bonds. The summed E-state index contributed by atoms with van der Waals surface area (Å²) in [6.45, 7) is 0. The second-order valence-corrected chi connectivity index (χ2v) is 5.86. The van der Waals surface area contributed by atoms with Crippen molar-refractivity contribution in [3.8, 4) is 11.3 Å². The van der Waals surface area contributed by atoms with Gasteiger partial charge in [0.1, 0.15) is 11.0 Å². The van der Waals surface area contributed by atoms with Crippen molar-refractivity contribution in [2.45, 2.75) is 0 Å². The highest BCUT2D eigenvalue weighted by atomic mass is 79.9. The first-order valence-corrected chi connectivity index (χ1v) is 7.45. The molecular weight excluding hydrogens is 352 g/mol. The van der Waals surface area contributed by atoms with Crippen LogP contribution in [0.4, 0.5) is 0 Å². The van der Waals surface area contributed by atoms with E-state index in [0.717, 1.165) is 26.8 Å². The van der Waals surface area contributed by atoms with Crippen LogP contribution in [0.15, 0.2) is 53.1 Å². The fourth-order valence-electron chi connectivity index (χ4n) is 2.25. The van der Waals surface area contributed by atoms with Gasteiger partial charge in [-0.1, -0.05) is 39.7 Å². The quantitative estimate of drug-likeness (QED) is 0.507. The molecule has 4 nitrogen and oxygen atoms in total. The summed E-state index contributed by atoms with van der Waals surface area (Å²) in [6.07, 6.45) is 1.72. The van der Waals surface area contributed by atoms with E-state index in [1.807, 2.05) is 42.5 Å². The van der Waals surface area contributed by atoms with Gasteiger partial charge in [0, 0.05) is 16.2 Å². The fourth-order valence-corrected chi connectivity index (χ4v) is 2.74. The van der Waals surface area contributed by atoms with Gasteiger partial charge < -0.3 is 0 Å². The molecule has 21 heavy (non-hydrogen) atoms. The van der Waals surface area contributed by atoms with Crippen LogP contribution in [-0.4, -0.2) is 19.6 Å². The minimum Gasteiger partial charge on any atom is -0.235 e. The molecule has 0 radical (unpaired) electrons. The van der Waals surface area contributed by atoms with E-state index in [9.17, 15) is 0 Å². The highest BCUT2D eigenvalue weighted by Crippen LogP contribution is 2.26. The molecule has 0 unspecified atom stereocenters. The Labute approximate surface area is 133 Å². The lowest BCUT2D eigenvalue weighted by atomic mass is 10.1. The van der Waals surface area contributed by atoms with Gasteiger partial charge in [0.15, 0.2) is 10.8 Å². The molecule has 0 atom stereocenters. The first kappa shape index (κ1) is 12.7. The monoisotopic (exact) mass is 358 g/mol. The lowest BCUT2D eigenvalue weighted by Gasteiger charge is -2.00. The van der Waals surface area contributed by atoms with Gasteiger partial charge >= 0.3 is 0 Å². The van der Waals surface area contributed by atoms with E-state index in [1.165, 1.54) is 0 Å². The smallest absolute Gasteiger partial charge is 0.180 e. The first-order chi connectivity index (χ1) is 10.2. The maximum Gasteiger partial charge on any atom is 0.180 e. The third-order valence-electron chi connectivity index (χ3n) is 3.25. The van der Waals surface area contributed by atoms with Crippen LogP contribution >= 0.6 is 27.5 Å². The lowest BCUT2D eigenvalue weighted by molar-refractivity contribution is 0.977. The van der Waals surface area contributed by atoms with Crippen LogP contribution < -0.4 is 0 Å². The van der Waals surface area contributed by atoms with E-state index in [-0.39, 0.29) is 0 Å². The highest BCUT2D eigenvalue weighted by Gasteiger charge is 2.12. The molecule has 0 saturated heterocycles. The normalized spacial score (nSPS) is 11.3. The van der Waals surface area contributed by atoms with Crippen molar-refractivity contribution in [2.24, 2.45) is 0 Å². The first-order valence-electron chi connectivity index (χ1n) is 6.28. The predicted molar refractivity (Wildman–Crippen MR) is 86.4 cm³/mol. The molecule has 0 aliphatic heterocycles. The Bertz CT molecular complexity index is 963. The van der Waals surface area contributed by atoms with Crippen molar-refractivity contribution < 1.29 is 0 Å². The van der Waals surface area contributed by atoms with Crippen LogP contribution in [0.3, 0.4) is 0 Å². The Morgan fingerprint density at radius 3 is 2.71 bits per heavy atom. The number of benzene rings is 1. The molecule has 3 aromatic heterocycles. The molecule has 1 aromatic carbocycles. The molecule has 6 heteroatoms. The van der Waals surface area contributed by atoms with Crippen molar-refractivity contribution in [2.75, 3.05) is 0 Å². The van der Waals surface area contributed by atoms with Gasteiger partial charge in [-0.2, -0.15) is 5.10 Å². The zero-order chi connectivity index (χ0) is 14.4. The number of hydrogen-bond donors (Lipinski definition) is 0. The largest absolute Gasteiger partial charge is 0.235 e. The predicted octanol–water partition coefficient (Wildman–Crippen LogP) is 4.36. The summed E-state index contributed by atoms with van der Waals surface area (Å²) >= 11 is 9.68. The third kappa shape index (κ3) is 2.09. The number of fused-ring (bicyclic) bond motifs is 3. The van der Waals surface area contributed by atoms with Crippen LogP contribution in [0, 0.1) is 0 Å². The van der Waals surface area contributed by atoms with Gasteiger partial charge in [-0.3, -0.25) is 0 Å². The zero-order valence-corrected chi connectivity index (χ0v) is 13.0. The number of aromatic nitrogens is 4. The van der Waals surface area contributed by atoms with Crippen molar-refractivity contribution in [3.05, 3.63) is 58.3 Å². The van der Waals surface area contributed by atoms with E-state index in [2.05, 4.69) is 31.0 Å². The summed E-state index contributed by atoms with van der Waals surface area (Å²) in [7, 11) is 0. The second-order valence-electron chi connectivity index (χ2n) is 4.58. The molecule has 102 valence electrons. The van der Waals surface area contributed by atoms with E-state index >= 15 is 0 Å². The number of pyridine rings is 1. The van der Waals surface area contributed by atoms with Crippen LogP contribution in [-0.2, 0) is 0 Å². The van der Waals surface area contributed by atoms with Gasteiger partial charge in [-0.25, -0.2) is 14.5 Å². The average molecular weight is 360 g/mol. The molecule has 0 N–H and O–H groups in total. The van der Waals surface area contributed by atoms with Gasteiger partial charge in [0.25, 0.3) is 0 Å². The van der Waals surface area contributed by atoms with Crippen molar-refractivity contribution >= 4 is 44.2 Å². The fraction of sp³-hybridized carbons (Fsp3) is 0. The Morgan fingerprint density at radius 1 is 1.10 bits per heavy atom. The number of rotatable bonds is 1. The second kappa shape index (κ2) is 4.79. The van der Waals surface area contributed by atoms with Crippen LogP contribution in [0.2, 0.25) is 5.15 Å². The molecular formula is C15H8BrClN4. The number of halogens is 2. The molecule has 0 spiro atoms. The minimum atomic E-state index is 0.423. The molecule has 0 fully saturated rings. The number of hydrogen-bond acceptors (Lipinski definition) is 3. The molecule has 0 bridgehead atoms. The van der Waals surface area contributed by atoms with Crippen LogP contribution in [0.5, 0.6) is 0 Å². The highest BCUT2D eigenvalue weighted by molar-refractivity contribution is 9.10. The third-order valence-corrected chi connectivity index (χ3v) is 4.05. The van der Waals surface area contributed by atoms with Crippen molar-refractivity contribution in [1.82, 2.24) is 19.6 Å². The molecule has 0 aliphatic rings. The topological polar surface area (TPSA) is 43.1 Å². The maximum absolute atomic E-state index is 6.25. The Morgan fingerprint density at radius 2 is 1.90 bits per heavy atom. The SMILES string of the molecule is Clc1nc2cccnc2n2nc(-c3ccc(Br)cc3)cc12. The summed E-state index contributed by atoms with van der Waals surface area (Å²) in [4.78, 5) is 8.70. The maximum atomic E-state index is 6.25. The zero-order valence-electron chi connectivity index (χ0n) is 10.7. The molecule has 0 aliphatic carbocycles. The summed E-state index contributed by atoms with van der Waals surface area (Å²) in [6, 6.07) is 13.6. The molecule has 4 rings (SSSR count). The van der Waals surface area contributed by atoms with Crippen molar-refractivity contribution in [3.63, 3.8) is 0 Å². The summed E-state index contributed by atoms with van der Waals surface area (Å²) in [5.41, 5.74) is 4.02. The Hall–Kier alpha value is -1.98. The summed E-state index contributed by atoms with van der Waals surface area (Å²) in [5.74, 6) is 0. The Kier molecular flexibility index (Phi) is 2.90. The van der Waals surface area contributed by atoms with Gasteiger partial charge in [0.2, 0.25) is 0 Å². The van der Waals surface area contributed by atoms with Gasteiger partial charge in [-0.15, -0.1) is 0 Å². The van der Waals surface area contributed by atoms with E-state index in [1.54, 1.807) is 10.7 Å².